The second-order valence-electron chi connectivity index (χ2n) is 16.0. The Kier molecular flexibility index (Phi) is 8.26. The number of hydrogen-bond donors (Lipinski definition) is 0. The molecule has 4 aromatic heterocycles. The first-order valence-corrected chi connectivity index (χ1v) is 22.8. The molecule has 4 heterocycles. The van der Waals surface area contributed by atoms with E-state index in [1.54, 1.807) is 0 Å². The molecule has 0 amide bonds. The van der Waals surface area contributed by atoms with E-state index >= 15 is 0 Å². The van der Waals surface area contributed by atoms with E-state index in [-0.39, 0.29) is 0 Å². The first kappa shape index (κ1) is 36.0. The molecule has 0 saturated heterocycles. The van der Waals surface area contributed by atoms with Crippen LogP contribution in [0, 0.1) is 0 Å². The Morgan fingerprint density at radius 3 is 1.46 bits per heavy atom. The number of rotatable bonds is 6. The molecule has 0 unspecified atom stereocenters. The van der Waals surface area contributed by atoms with Crippen LogP contribution in [0.25, 0.3) is 130 Å². The van der Waals surface area contributed by atoms with Crippen molar-refractivity contribution >= 4 is 85.0 Å². The quantitative estimate of drug-likeness (QED) is 0.167. The summed E-state index contributed by atoms with van der Waals surface area (Å²) in [7, 11) is 0. The summed E-state index contributed by atoms with van der Waals surface area (Å²) in [6.07, 6.45) is 0. The molecule has 0 fully saturated rings. The predicted molar refractivity (Wildman–Crippen MR) is 268 cm³/mol. The molecule has 3 nitrogen and oxygen atoms in total. The van der Waals surface area contributed by atoms with Crippen molar-refractivity contribution < 1.29 is 4.42 Å². The standard InChI is InChI=1S/C58H34N2OS2/c1-2-13-37(14-3-1)58-59-50(36-29-27-35(28-30-36)41-18-10-21-47-44-15-4-7-24-52(44)61-55(41)47)34-51(60-58)40-32-38(42-19-11-22-48-45-16-5-8-25-53(45)62-56(42)48)31-39(33-40)43-20-12-23-49-46-17-6-9-26-54(46)63-57(43)49/h1-34H. The molecule has 0 spiro atoms. The summed E-state index contributed by atoms with van der Waals surface area (Å²) in [6, 6.07) is 73.8. The summed E-state index contributed by atoms with van der Waals surface area (Å²) < 4.78 is 11.6. The van der Waals surface area contributed by atoms with Gasteiger partial charge in [-0.05, 0) is 70.3 Å². The van der Waals surface area contributed by atoms with Gasteiger partial charge in [-0.25, -0.2) is 9.97 Å². The molecular formula is C58H34N2OS2. The van der Waals surface area contributed by atoms with Gasteiger partial charge in [0.15, 0.2) is 5.82 Å². The Morgan fingerprint density at radius 2 is 0.810 bits per heavy atom. The first-order valence-electron chi connectivity index (χ1n) is 21.1. The van der Waals surface area contributed by atoms with Gasteiger partial charge in [0.2, 0.25) is 0 Å². The molecule has 63 heavy (non-hydrogen) atoms. The molecule has 0 aliphatic rings. The molecule has 13 rings (SSSR count). The van der Waals surface area contributed by atoms with Crippen LogP contribution >= 0.6 is 22.7 Å². The number of fused-ring (bicyclic) bond motifs is 9. The minimum absolute atomic E-state index is 0.685. The molecule has 13 aromatic rings. The molecular weight excluding hydrogens is 805 g/mol. The van der Waals surface area contributed by atoms with E-state index in [9.17, 15) is 0 Å². The Balaban J connectivity index is 1.01. The lowest BCUT2D eigenvalue weighted by Gasteiger charge is -2.14. The average molecular weight is 839 g/mol. The summed E-state index contributed by atoms with van der Waals surface area (Å²) in [5.74, 6) is 0.685. The van der Waals surface area contributed by atoms with Gasteiger partial charge in [0.05, 0.1) is 11.4 Å². The topological polar surface area (TPSA) is 38.9 Å². The maximum Gasteiger partial charge on any atom is 0.160 e. The molecule has 294 valence electrons. The maximum absolute atomic E-state index is 6.42. The van der Waals surface area contributed by atoms with Crippen LogP contribution in [0.1, 0.15) is 0 Å². The van der Waals surface area contributed by atoms with E-state index in [1.807, 2.05) is 40.9 Å². The molecule has 0 radical (unpaired) electrons. The van der Waals surface area contributed by atoms with E-state index in [0.29, 0.717) is 5.82 Å². The summed E-state index contributed by atoms with van der Waals surface area (Å²) in [6.45, 7) is 0. The number of thiophene rings is 2. The van der Waals surface area contributed by atoms with Gasteiger partial charge >= 0.3 is 0 Å². The highest BCUT2D eigenvalue weighted by Crippen LogP contribution is 2.45. The van der Waals surface area contributed by atoms with Gasteiger partial charge in [0.1, 0.15) is 11.2 Å². The van der Waals surface area contributed by atoms with Crippen LogP contribution in [0.5, 0.6) is 0 Å². The molecule has 0 atom stereocenters. The number of aromatic nitrogens is 2. The van der Waals surface area contributed by atoms with E-state index in [2.05, 4.69) is 188 Å². The minimum atomic E-state index is 0.685. The zero-order valence-electron chi connectivity index (χ0n) is 33.7. The van der Waals surface area contributed by atoms with Crippen molar-refractivity contribution in [3.05, 3.63) is 206 Å². The van der Waals surface area contributed by atoms with Crippen molar-refractivity contribution in [1.82, 2.24) is 9.97 Å². The lowest BCUT2D eigenvalue weighted by Crippen LogP contribution is -1.96. The van der Waals surface area contributed by atoms with Crippen molar-refractivity contribution in [2.45, 2.75) is 0 Å². The lowest BCUT2D eigenvalue weighted by molar-refractivity contribution is 0.670. The summed E-state index contributed by atoms with van der Waals surface area (Å²) in [4.78, 5) is 10.6. The third-order valence-corrected chi connectivity index (χ3v) is 14.8. The second-order valence-corrected chi connectivity index (χ2v) is 18.2. The van der Waals surface area contributed by atoms with E-state index in [1.165, 1.54) is 51.5 Å². The molecule has 9 aromatic carbocycles. The predicted octanol–water partition coefficient (Wildman–Crippen LogP) is 17.1. The van der Waals surface area contributed by atoms with E-state index in [0.717, 1.165) is 72.3 Å². The van der Waals surface area contributed by atoms with Crippen LogP contribution in [-0.4, -0.2) is 9.97 Å². The third kappa shape index (κ3) is 6.00. The average Bonchev–Trinajstić information content (AvgIpc) is 4.06. The van der Waals surface area contributed by atoms with Gasteiger partial charge < -0.3 is 4.42 Å². The number of hydrogen-bond acceptors (Lipinski definition) is 5. The van der Waals surface area contributed by atoms with Gasteiger partial charge in [-0.1, -0.05) is 164 Å². The molecule has 0 aliphatic carbocycles. The normalized spacial score (nSPS) is 11.8. The van der Waals surface area contributed by atoms with Crippen LogP contribution < -0.4 is 0 Å². The van der Waals surface area contributed by atoms with Crippen molar-refractivity contribution in [2.75, 3.05) is 0 Å². The fourth-order valence-corrected chi connectivity index (χ4v) is 11.8. The van der Waals surface area contributed by atoms with Gasteiger partial charge in [-0.3, -0.25) is 0 Å². The van der Waals surface area contributed by atoms with Crippen molar-refractivity contribution in [1.29, 1.82) is 0 Å². The highest BCUT2D eigenvalue weighted by molar-refractivity contribution is 7.26. The molecule has 0 saturated carbocycles. The highest BCUT2D eigenvalue weighted by atomic mass is 32.1. The first-order chi connectivity index (χ1) is 31.2. The van der Waals surface area contributed by atoms with Crippen LogP contribution in [0.4, 0.5) is 0 Å². The summed E-state index contributed by atoms with van der Waals surface area (Å²) in [5.41, 5.74) is 13.4. The summed E-state index contributed by atoms with van der Waals surface area (Å²) in [5, 5.41) is 7.39. The zero-order valence-corrected chi connectivity index (χ0v) is 35.4. The molecule has 0 aliphatic heterocycles. The van der Waals surface area contributed by atoms with Crippen molar-refractivity contribution in [3.8, 4) is 67.3 Å². The molecule has 0 N–H and O–H groups in total. The minimum Gasteiger partial charge on any atom is -0.455 e. The van der Waals surface area contributed by atoms with Crippen molar-refractivity contribution in [3.63, 3.8) is 0 Å². The molecule has 5 heteroatoms. The number of nitrogens with zero attached hydrogens (tertiary/aromatic N) is 2. The van der Waals surface area contributed by atoms with Gasteiger partial charge in [0.25, 0.3) is 0 Å². The van der Waals surface area contributed by atoms with Gasteiger partial charge in [-0.15, -0.1) is 22.7 Å². The number of furan rings is 1. The smallest absolute Gasteiger partial charge is 0.160 e. The van der Waals surface area contributed by atoms with Crippen LogP contribution in [0.15, 0.2) is 211 Å². The van der Waals surface area contributed by atoms with E-state index < -0.39 is 0 Å². The Labute approximate surface area is 370 Å². The fraction of sp³-hybridized carbons (Fsp3) is 0. The number of benzene rings is 9. The molecule has 0 bridgehead atoms. The third-order valence-electron chi connectivity index (χ3n) is 12.3. The van der Waals surface area contributed by atoms with E-state index in [4.69, 9.17) is 14.4 Å². The summed E-state index contributed by atoms with van der Waals surface area (Å²) >= 11 is 3.73. The Bertz CT molecular complexity index is 3780. The second kappa shape index (κ2) is 14.5. The van der Waals surface area contributed by atoms with Crippen LogP contribution in [0.3, 0.4) is 0 Å². The van der Waals surface area contributed by atoms with Gasteiger partial charge in [0, 0.05) is 73.4 Å². The Morgan fingerprint density at radius 1 is 0.317 bits per heavy atom. The largest absolute Gasteiger partial charge is 0.455 e. The van der Waals surface area contributed by atoms with Crippen LogP contribution in [-0.2, 0) is 0 Å². The van der Waals surface area contributed by atoms with Gasteiger partial charge in [-0.2, -0.15) is 0 Å². The zero-order chi connectivity index (χ0) is 41.4. The number of para-hydroxylation sites is 2. The fourth-order valence-electron chi connectivity index (χ4n) is 9.29. The maximum atomic E-state index is 6.42. The lowest BCUT2D eigenvalue weighted by atomic mass is 9.93. The highest BCUT2D eigenvalue weighted by Gasteiger charge is 2.19. The SMILES string of the molecule is c1ccc(-c2nc(-c3ccc(-c4cccc5c4oc4ccccc45)cc3)cc(-c3cc(-c4cccc5c4sc4ccccc45)cc(-c4cccc5c4sc4ccccc45)c3)n2)cc1. The Hall–Kier alpha value is -7.70. The van der Waals surface area contributed by atoms with Crippen molar-refractivity contribution in [2.24, 2.45) is 0 Å². The van der Waals surface area contributed by atoms with Crippen LogP contribution in [0.2, 0.25) is 0 Å². The monoisotopic (exact) mass is 838 g/mol.